The molecule has 8 heteroatoms. The van der Waals surface area contributed by atoms with Crippen molar-refractivity contribution < 1.29 is 9.47 Å². The highest BCUT2D eigenvalue weighted by Gasteiger charge is 2.14. The highest BCUT2D eigenvalue weighted by atomic mass is 16.7. The van der Waals surface area contributed by atoms with Gasteiger partial charge in [-0.25, -0.2) is 9.97 Å². The van der Waals surface area contributed by atoms with Crippen LogP contribution in [0.2, 0.25) is 0 Å². The maximum atomic E-state index is 6.25. The highest BCUT2D eigenvalue weighted by Crippen LogP contribution is 2.33. The average Bonchev–Trinajstić information content (AvgIpc) is 3.17. The van der Waals surface area contributed by atoms with E-state index in [0.29, 0.717) is 23.9 Å². The minimum Gasteiger partial charge on any atom is -0.454 e. The lowest BCUT2D eigenvalue weighted by Gasteiger charge is -2.26. The van der Waals surface area contributed by atoms with Gasteiger partial charge in [-0.15, -0.1) is 0 Å². The smallest absolute Gasteiger partial charge is 0.231 e. The molecule has 4 rings (SSSR count). The molecule has 2 aliphatic heterocycles. The summed E-state index contributed by atoms with van der Waals surface area (Å²) in [5, 5.41) is 6.62. The lowest BCUT2D eigenvalue weighted by atomic mass is 10.1. The molecule has 1 saturated heterocycles. The van der Waals surface area contributed by atoms with Crippen LogP contribution in [0.5, 0.6) is 11.5 Å². The van der Waals surface area contributed by atoms with Crippen molar-refractivity contribution in [2.24, 2.45) is 0 Å². The maximum Gasteiger partial charge on any atom is 0.231 e. The van der Waals surface area contributed by atoms with Crippen LogP contribution in [0.1, 0.15) is 24.8 Å². The second-order valence-corrected chi connectivity index (χ2v) is 6.85. The number of benzene rings is 1. The van der Waals surface area contributed by atoms with Gasteiger partial charge in [0.15, 0.2) is 23.1 Å². The van der Waals surface area contributed by atoms with E-state index >= 15 is 0 Å². The molecule has 0 bridgehead atoms. The molecule has 2 aromatic rings. The summed E-state index contributed by atoms with van der Waals surface area (Å²) in [5.74, 6) is 2.85. The first-order valence-electron chi connectivity index (χ1n) is 9.49. The van der Waals surface area contributed by atoms with E-state index < -0.39 is 0 Å². The Balaban J connectivity index is 1.32. The Morgan fingerprint density at radius 1 is 1.00 bits per heavy atom. The molecule has 3 heterocycles. The number of hydrogen-bond acceptors (Lipinski definition) is 8. The first kappa shape index (κ1) is 17.7. The van der Waals surface area contributed by atoms with Crippen LogP contribution in [-0.4, -0.2) is 47.8 Å². The molecule has 144 valence electrons. The number of hydrogen-bond donors (Lipinski definition) is 3. The predicted octanol–water partition coefficient (Wildman–Crippen LogP) is 2.30. The van der Waals surface area contributed by atoms with Gasteiger partial charge in [-0.05, 0) is 43.6 Å². The Morgan fingerprint density at radius 2 is 1.78 bits per heavy atom. The molecule has 4 N–H and O–H groups in total. The van der Waals surface area contributed by atoms with Gasteiger partial charge in [-0.1, -0.05) is 12.5 Å². The third-order valence-electron chi connectivity index (χ3n) is 4.95. The minimum atomic E-state index is 0.275. The molecule has 1 fully saturated rings. The summed E-state index contributed by atoms with van der Waals surface area (Å²) >= 11 is 0. The van der Waals surface area contributed by atoms with Gasteiger partial charge in [0.2, 0.25) is 6.79 Å². The van der Waals surface area contributed by atoms with Gasteiger partial charge in [-0.3, -0.25) is 0 Å². The minimum absolute atomic E-state index is 0.275. The molecule has 0 atom stereocenters. The summed E-state index contributed by atoms with van der Waals surface area (Å²) < 4.78 is 10.8. The van der Waals surface area contributed by atoms with Crippen LogP contribution < -0.4 is 25.8 Å². The lowest BCUT2D eigenvalue weighted by Crippen LogP contribution is -2.33. The van der Waals surface area contributed by atoms with Crippen LogP contribution in [0, 0.1) is 0 Å². The van der Waals surface area contributed by atoms with Crippen LogP contribution >= 0.6 is 0 Å². The molecule has 0 amide bonds. The van der Waals surface area contributed by atoms with E-state index in [1.165, 1.54) is 38.7 Å². The lowest BCUT2D eigenvalue weighted by molar-refractivity contribution is 0.174. The van der Waals surface area contributed by atoms with Gasteiger partial charge < -0.3 is 30.7 Å². The fraction of sp³-hybridized carbons (Fsp3) is 0.474. The van der Waals surface area contributed by atoms with Crippen molar-refractivity contribution >= 4 is 17.3 Å². The van der Waals surface area contributed by atoms with Crippen LogP contribution in [0.4, 0.5) is 17.3 Å². The van der Waals surface area contributed by atoms with Gasteiger partial charge in [0, 0.05) is 19.6 Å². The Kier molecular flexibility index (Phi) is 5.43. The van der Waals surface area contributed by atoms with Crippen LogP contribution in [-0.2, 0) is 6.54 Å². The van der Waals surface area contributed by atoms with Crippen molar-refractivity contribution in [3.8, 4) is 11.5 Å². The fourth-order valence-corrected chi connectivity index (χ4v) is 3.43. The summed E-state index contributed by atoms with van der Waals surface area (Å²) in [7, 11) is 0. The molecule has 0 saturated carbocycles. The normalized spacial score (nSPS) is 16.3. The van der Waals surface area contributed by atoms with Gasteiger partial charge in [0.05, 0.1) is 0 Å². The zero-order chi connectivity index (χ0) is 18.5. The maximum absolute atomic E-state index is 6.25. The Hall–Kier alpha value is -2.74. The molecule has 1 aromatic heterocycles. The van der Waals surface area contributed by atoms with E-state index in [0.717, 1.165) is 30.2 Å². The molecule has 27 heavy (non-hydrogen) atoms. The van der Waals surface area contributed by atoms with Gasteiger partial charge >= 0.3 is 0 Å². The summed E-state index contributed by atoms with van der Waals surface area (Å²) in [6.45, 7) is 5.06. The first-order chi connectivity index (χ1) is 13.3. The molecule has 2 aliphatic rings. The third kappa shape index (κ3) is 4.33. The monoisotopic (exact) mass is 370 g/mol. The summed E-state index contributed by atoms with van der Waals surface area (Å²) in [4.78, 5) is 11.0. The van der Waals surface area contributed by atoms with Crippen molar-refractivity contribution in [3.05, 3.63) is 30.1 Å². The third-order valence-corrected chi connectivity index (χ3v) is 4.95. The summed E-state index contributed by atoms with van der Waals surface area (Å²) in [6.07, 6.45) is 5.47. The molecule has 0 radical (unpaired) electrons. The number of nitrogens with zero attached hydrogens (tertiary/aromatic N) is 3. The van der Waals surface area contributed by atoms with E-state index in [9.17, 15) is 0 Å². The number of nitrogens with two attached hydrogens (primary N) is 1. The quantitative estimate of drug-likeness (QED) is 0.683. The van der Waals surface area contributed by atoms with E-state index in [4.69, 9.17) is 15.2 Å². The van der Waals surface area contributed by atoms with Crippen molar-refractivity contribution in [3.63, 3.8) is 0 Å². The second-order valence-electron chi connectivity index (χ2n) is 6.85. The number of anilines is 3. The predicted molar refractivity (Wildman–Crippen MR) is 105 cm³/mol. The molecule has 0 spiro atoms. The summed E-state index contributed by atoms with van der Waals surface area (Å²) in [6, 6.07) is 5.87. The molecule has 0 unspecified atom stereocenters. The van der Waals surface area contributed by atoms with Crippen molar-refractivity contribution in [1.82, 2.24) is 14.9 Å². The number of aromatic nitrogens is 2. The van der Waals surface area contributed by atoms with E-state index in [-0.39, 0.29) is 6.79 Å². The zero-order valence-electron chi connectivity index (χ0n) is 15.4. The largest absolute Gasteiger partial charge is 0.454 e. The topological polar surface area (TPSA) is 97.6 Å². The molecular weight excluding hydrogens is 344 g/mol. The Labute approximate surface area is 159 Å². The van der Waals surface area contributed by atoms with E-state index in [2.05, 4.69) is 25.5 Å². The molecule has 8 nitrogen and oxygen atoms in total. The van der Waals surface area contributed by atoms with Crippen molar-refractivity contribution in [1.29, 1.82) is 0 Å². The number of rotatable bonds is 7. The number of nitrogens with one attached hydrogen (secondary N) is 2. The Morgan fingerprint density at radius 3 is 2.63 bits per heavy atom. The van der Waals surface area contributed by atoms with E-state index in [1.54, 1.807) is 0 Å². The van der Waals surface area contributed by atoms with Crippen molar-refractivity contribution in [2.75, 3.05) is 49.3 Å². The zero-order valence-corrected chi connectivity index (χ0v) is 15.4. The van der Waals surface area contributed by atoms with E-state index in [1.807, 2.05) is 18.2 Å². The number of ether oxygens (including phenoxy) is 2. The van der Waals surface area contributed by atoms with Crippen LogP contribution in [0.3, 0.4) is 0 Å². The second kappa shape index (κ2) is 8.30. The van der Waals surface area contributed by atoms with Gasteiger partial charge in [0.25, 0.3) is 0 Å². The average molecular weight is 370 g/mol. The Bertz CT molecular complexity index is 779. The van der Waals surface area contributed by atoms with Gasteiger partial charge in [0.1, 0.15) is 12.0 Å². The first-order valence-corrected chi connectivity index (χ1v) is 9.49. The number of piperidine rings is 1. The highest BCUT2D eigenvalue weighted by molar-refractivity contribution is 5.74. The number of nitrogen functional groups attached to an aromatic ring is 1. The fourth-order valence-electron chi connectivity index (χ4n) is 3.43. The van der Waals surface area contributed by atoms with Crippen molar-refractivity contribution in [2.45, 2.75) is 25.8 Å². The van der Waals surface area contributed by atoms with Crippen LogP contribution in [0.25, 0.3) is 0 Å². The standard InChI is InChI=1S/C19H26N6O2/c20-17-18(21-6-9-25-7-2-1-3-8-25)23-12-24-19(17)22-11-14-4-5-15-16(10-14)27-13-26-15/h4-5,10,12H,1-3,6-9,11,13,20H2,(H2,21,22,23,24). The van der Waals surface area contributed by atoms with Crippen LogP contribution in [0.15, 0.2) is 24.5 Å². The molecule has 0 aliphatic carbocycles. The summed E-state index contributed by atoms with van der Waals surface area (Å²) in [5.41, 5.74) is 7.85. The number of likely N-dealkylation sites (tertiary alicyclic amines) is 1. The SMILES string of the molecule is Nc1c(NCCN2CCCCC2)ncnc1NCc1ccc2c(c1)OCO2. The molecule has 1 aromatic carbocycles. The number of fused-ring (bicyclic) bond motifs is 1. The molecular formula is C19H26N6O2. The van der Waals surface area contributed by atoms with Gasteiger partial charge in [-0.2, -0.15) is 0 Å².